The van der Waals surface area contributed by atoms with E-state index in [1.807, 2.05) is 6.92 Å². The molecule has 7 heteroatoms. The monoisotopic (exact) mass is 299 g/mol. The van der Waals surface area contributed by atoms with Crippen LogP contribution < -0.4 is 0 Å². The van der Waals surface area contributed by atoms with Crippen LogP contribution >= 0.6 is 0 Å². The lowest BCUT2D eigenvalue weighted by molar-refractivity contribution is 0.117. The second-order valence-corrected chi connectivity index (χ2v) is 7.62. The molecule has 1 aromatic heterocycles. The average molecular weight is 299 g/mol. The molecule has 2 aliphatic heterocycles. The molecule has 0 saturated carbocycles. The molecule has 2 N–H and O–H groups in total. The first kappa shape index (κ1) is 14.1. The summed E-state index contributed by atoms with van der Waals surface area (Å²) in [7, 11) is -3.47. The topological polar surface area (TPSA) is 76.6 Å². The van der Waals surface area contributed by atoms with Gasteiger partial charge in [-0.25, -0.2) is 8.42 Å². The molecule has 20 heavy (non-hydrogen) atoms. The van der Waals surface area contributed by atoms with Crippen LogP contribution in [-0.4, -0.2) is 59.4 Å². The summed E-state index contributed by atoms with van der Waals surface area (Å²) in [6.45, 7) is 4.25. The summed E-state index contributed by atoms with van der Waals surface area (Å²) in [6, 6.07) is 1.86. The molecular weight excluding hydrogens is 278 g/mol. The van der Waals surface area contributed by atoms with Crippen molar-refractivity contribution in [3.8, 4) is 0 Å². The number of H-pyrrole nitrogens is 1. The number of hydrogen-bond donors (Lipinski definition) is 2. The van der Waals surface area contributed by atoms with E-state index in [4.69, 9.17) is 5.11 Å². The van der Waals surface area contributed by atoms with Gasteiger partial charge in [-0.15, -0.1) is 0 Å². The van der Waals surface area contributed by atoms with Crippen molar-refractivity contribution >= 4 is 10.0 Å². The Morgan fingerprint density at radius 3 is 2.95 bits per heavy atom. The summed E-state index contributed by atoms with van der Waals surface area (Å²) >= 11 is 0. The number of piperazine rings is 1. The Kier molecular flexibility index (Phi) is 3.62. The summed E-state index contributed by atoms with van der Waals surface area (Å²) < 4.78 is 27.1. The summed E-state index contributed by atoms with van der Waals surface area (Å²) in [6.07, 6.45) is 3.70. The molecule has 2 fully saturated rings. The molecule has 2 aliphatic rings. The maximum Gasteiger partial charge on any atom is 0.244 e. The number of sulfonamides is 1. The molecular formula is C13H21N3O3S. The Labute approximate surface area is 119 Å². The average Bonchev–Trinajstić information content (AvgIpc) is 3.05. The van der Waals surface area contributed by atoms with Crippen molar-refractivity contribution in [2.75, 3.05) is 19.6 Å². The van der Waals surface area contributed by atoms with Gasteiger partial charge in [0.2, 0.25) is 10.0 Å². The van der Waals surface area contributed by atoms with Crippen molar-refractivity contribution in [3.05, 3.63) is 18.0 Å². The molecule has 0 aliphatic carbocycles. The van der Waals surface area contributed by atoms with Crippen LogP contribution in [0, 0.1) is 0 Å². The Hall–Kier alpha value is -0.890. The largest absolute Gasteiger partial charge is 0.390 e. The molecule has 3 rings (SSSR count). The van der Waals surface area contributed by atoms with Crippen molar-refractivity contribution in [3.63, 3.8) is 0 Å². The van der Waals surface area contributed by atoms with Gasteiger partial charge in [0.1, 0.15) is 0 Å². The molecule has 0 radical (unpaired) electrons. The predicted octanol–water partition coefficient (Wildman–Crippen LogP) is 0.364. The SMILES string of the molecule is CC1CN2CCCC2CN1S(=O)(=O)c1c[nH]c(CO)c1. The molecule has 2 atom stereocenters. The second-order valence-electron chi connectivity index (χ2n) is 5.73. The lowest BCUT2D eigenvalue weighted by atomic mass is 10.1. The summed E-state index contributed by atoms with van der Waals surface area (Å²) in [5.74, 6) is 0. The molecule has 0 spiro atoms. The zero-order valence-electron chi connectivity index (χ0n) is 11.6. The maximum atomic E-state index is 12.7. The number of aliphatic hydroxyl groups is 1. The molecule has 3 heterocycles. The second kappa shape index (κ2) is 5.14. The van der Waals surface area contributed by atoms with Gasteiger partial charge in [0.05, 0.1) is 11.5 Å². The van der Waals surface area contributed by atoms with Gasteiger partial charge in [-0.05, 0) is 32.4 Å². The number of fused-ring (bicyclic) bond motifs is 1. The fraction of sp³-hybridized carbons (Fsp3) is 0.692. The van der Waals surface area contributed by atoms with Crippen LogP contribution in [0.1, 0.15) is 25.5 Å². The minimum absolute atomic E-state index is 0.0122. The first-order valence-corrected chi connectivity index (χ1v) is 8.50. The Balaban J connectivity index is 1.86. The van der Waals surface area contributed by atoms with Gasteiger partial charge >= 0.3 is 0 Å². The van der Waals surface area contributed by atoms with Crippen LogP contribution in [0.25, 0.3) is 0 Å². The fourth-order valence-electron chi connectivity index (χ4n) is 3.29. The summed E-state index contributed by atoms with van der Waals surface area (Å²) in [4.78, 5) is 5.44. The zero-order chi connectivity index (χ0) is 14.3. The fourth-order valence-corrected chi connectivity index (χ4v) is 4.97. The van der Waals surface area contributed by atoms with Crippen LogP contribution in [0.5, 0.6) is 0 Å². The maximum absolute atomic E-state index is 12.7. The molecule has 0 amide bonds. The highest BCUT2D eigenvalue weighted by Gasteiger charge is 2.40. The first-order chi connectivity index (χ1) is 9.52. The van der Waals surface area contributed by atoms with Crippen LogP contribution in [0.2, 0.25) is 0 Å². The number of aliphatic hydroxyl groups excluding tert-OH is 1. The molecule has 0 bridgehead atoms. The smallest absolute Gasteiger partial charge is 0.244 e. The van der Waals surface area contributed by atoms with Gasteiger partial charge in [-0.3, -0.25) is 4.90 Å². The van der Waals surface area contributed by atoms with Gasteiger partial charge in [-0.1, -0.05) is 0 Å². The third-order valence-electron chi connectivity index (χ3n) is 4.37. The first-order valence-electron chi connectivity index (χ1n) is 7.06. The van der Waals surface area contributed by atoms with Gasteiger partial charge in [0.15, 0.2) is 0 Å². The predicted molar refractivity (Wildman–Crippen MR) is 74.7 cm³/mol. The van der Waals surface area contributed by atoms with Crippen LogP contribution in [0.3, 0.4) is 0 Å². The van der Waals surface area contributed by atoms with Crippen molar-refractivity contribution < 1.29 is 13.5 Å². The Morgan fingerprint density at radius 2 is 2.25 bits per heavy atom. The molecule has 2 unspecified atom stereocenters. The molecule has 0 aromatic carbocycles. The van der Waals surface area contributed by atoms with Crippen LogP contribution in [0.15, 0.2) is 17.2 Å². The van der Waals surface area contributed by atoms with E-state index in [1.54, 1.807) is 4.31 Å². The number of rotatable bonds is 3. The summed E-state index contributed by atoms with van der Waals surface area (Å²) in [5.41, 5.74) is 0.524. The molecule has 6 nitrogen and oxygen atoms in total. The van der Waals surface area contributed by atoms with Gasteiger partial charge < -0.3 is 10.1 Å². The van der Waals surface area contributed by atoms with E-state index in [1.165, 1.54) is 12.3 Å². The van der Waals surface area contributed by atoms with E-state index >= 15 is 0 Å². The number of aromatic amines is 1. The minimum atomic E-state index is -3.47. The number of aromatic nitrogens is 1. The highest BCUT2D eigenvalue weighted by molar-refractivity contribution is 7.89. The highest BCUT2D eigenvalue weighted by atomic mass is 32.2. The third kappa shape index (κ3) is 2.28. The van der Waals surface area contributed by atoms with Crippen molar-refractivity contribution in [1.82, 2.24) is 14.2 Å². The number of nitrogens with one attached hydrogen (secondary N) is 1. The lowest BCUT2D eigenvalue weighted by Gasteiger charge is -2.41. The standard InChI is InChI=1S/C13H21N3O3S/c1-10-7-15-4-2-3-12(15)8-16(10)20(18,19)13-5-11(9-17)14-6-13/h5-6,10,12,14,17H,2-4,7-9H2,1H3. The summed E-state index contributed by atoms with van der Waals surface area (Å²) in [5, 5.41) is 9.06. The number of nitrogens with zero attached hydrogens (tertiary/aromatic N) is 2. The molecule has 1 aromatic rings. The van der Waals surface area contributed by atoms with E-state index in [2.05, 4.69) is 9.88 Å². The van der Waals surface area contributed by atoms with Crippen molar-refractivity contribution in [1.29, 1.82) is 0 Å². The third-order valence-corrected chi connectivity index (χ3v) is 6.33. The van der Waals surface area contributed by atoms with Crippen molar-refractivity contribution in [2.45, 2.75) is 43.4 Å². The Bertz CT molecular complexity index is 583. The van der Waals surface area contributed by atoms with E-state index in [0.717, 1.165) is 25.9 Å². The Morgan fingerprint density at radius 1 is 1.45 bits per heavy atom. The van der Waals surface area contributed by atoms with E-state index < -0.39 is 10.0 Å². The van der Waals surface area contributed by atoms with Crippen molar-refractivity contribution in [2.24, 2.45) is 0 Å². The van der Waals surface area contributed by atoms with E-state index in [-0.39, 0.29) is 17.5 Å². The normalized spacial score (nSPS) is 28.7. The minimum Gasteiger partial charge on any atom is -0.390 e. The quantitative estimate of drug-likeness (QED) is 0.845. The van der Waals surface area contributed by atoms with Gasteiger partial charge in [0.25, 0.3) is 0 Å². The molecule has 2 saturated heterocycles. The highest BCUT2D eigenvalue weighted by Crippen LogP contribution is 2.29. The van der Waals surface area contributed by atoms with Crippen LogP contribution in [-0.2, 0) is 16.6 Å². The van der Waals surface area contributed by atoms with Gasteiger partial charge in [-0.2, -0.15) is 4.31 Å². The lowest BCUT2D eigenvalue weighted by Crippen LogP contribution is -2.56. The zero-order valence-corrected chi connectivity index (χ0v) is 12.4. The molecule has 112 valence electrons. The van der Waals surface area contributed by atoms with E-state index in [9.17, 15) is 8.42 Å². The van der Waals surface area contributed by atoms with Gasteiger partial charge in [0, 0.05) is 37.1 Å². The van der Waals surface area contributed by atoms with Crippen LogP contribution in [0.4, 0.5) is 0 Å². The number of hydrogen-bond acceptors (Lipinski definition) is 4. The van der Waals surface area contributed by atoms with E-state index in [0.29, 0.717) is 18.3 Å².